The Morgan fingerprint density at radius 2 is 1.70 bits per heavy atom. The molecular formula is C15H8ClF2N3O2. The zero-order chi connectivity index (χ0) is 16.4. The van der Waals surface area contributed by atoms with Crippen molar-refractivity contribution >= 4 is 23.5 Å². The number of halogens is 3. The van der Waals surface area contributed by atoms with Gasteiger partial charge in [-0.25, -0.2) is 8.78 Å². The second kappa shape index (κ2) is 6.13. The SMILES string of the molecule is O=C(Nc1nnc(-c2ccc(Cl)cc2)o1)c1cc(F)cc(F)c1. The number of hydrogen-bond donors (Lipinski definition) is 1. The van der Waals surface area contributed by atoms with Crippen LogP contribution in [0.2, 0.25) is 5.02 Å². The van der Waals surface area contributed by atoms with E-state index < -0.39 is 17.5 Å². The molecule has 0 fully saturated rings. The minimum atomic E-state index is -0.859. The first-order valence-corrected chi connectivity index (χ1v) is 6.76. The van der Waals surface area contributed by atoms with E-state index in [1.54, 1.807) is 24.3 Å². The van der Waals surface area contributed by atoms with Gasteiger partial charge in [0.25, 0.3) is 5.91 Å². The van der Waals surface area contributed by atoms with E-state index in [0.29, 0.717) is 16.7 Å². The molecule has 2 aromatic carbocycles. The summed E-state index contributed by atoms with van der Waals surface area (Å²) < 4.78 is 31.5. The second-order valence-electron chi connectivity index (χ2n) is 4.53. The van der Waals surface area contributed by atoms with Crippen LogP contribution in [0.25, 0.3) is 11.5 Å². The molecule has 0 aliphatic carbocycles. The molecule has 0 unspecified atom stereocenters. The summed E-state index contributed by atoms with van der Waals surface area (Å²) in [4.78, 5) is 11.9. The average Bonchev–Trinajstić information content (AvgIpc) is 2.95. The van der Waals surface area contributed by atoms with Gasteiger partial charge in [0, 0.05) is 22.2 Å². The van der Waals surface area contributed by atoms with Crippen LogP contribution in [-0.2, 0) is 0 Å². The van der Waals surface area contributed by atoms with Gasteiger partial charge in [0.15, 0.2) is 0 Å². The Morgan fingerprint density at radius 3 is 2.35 bits per heavy atom. The number of nitrogens with one attached hydrogen (secondary N) is 1. The highest BCUT2D eigenvalue weighted by Crippen LogP contribution is 2.22. The Kier molecular flexibility index (Phi) is 4.03. The number of rotatable bonds is 3. The van der Waals surface area contributed by atoms with E-state index in [1.807, 2.05) is 0 Å². The molecule has 0 atom stereocenters. The number of carbonyl (C=O) groups excluding carboxylic acids is 1. The molecule has 0 saturated carbocycles. The first-order valence-electron chi connectivity index (χ1n) is 6.38. The molecule has 3 aromatic rings. The molecule has 5 nitrogen and oxygen atoms in total. The Morgan fingerprint density at radius 1 is 1.04 bits per heavy atom. The Bertz CT molecular complexity index is 845. The van der Waals surface area contributed by atoms with Crippen LogP contribution in [0.15, 0.2) is 46.9 Å². The normalized spacial score (nSPS) is 10.6. The highest BCUT2D eigenvalue weighted by molar-refractivity contribution is 6.30. The molecule has 1 heterocycles. The van der Waals surface area contributed by atoms with Crippen LogP contribution >= 0.6 is 11.6 Å². The molecule has 0 radical (unpaired) electrons. The summed E-state index contributed by atoms with van der Waals surface area (Å²) in [6.45, 7) is 0. The van der Waals surface area contributed by atoms with E-state index in [9.17, 15) is 13.6 Å². The van der Waals surface area contributed by atoms with Crippen molar-refractivity contribution < 1.29 is 18.0 Å². The Labute approximate surface area is 133 Å². The van der Waals surface area contributed by atoms with Crippen molar-refractivity contribution in [3.8, 4) is 11.5 Å². The summed E-state index contributed by atoms with van der Waals surface area (Å²) in [5, 5.41) is 10.3. The van der Waals surface area contributed by atoms with Gasteiger partial charge in [-0.3, -0.25) is 10.1 Å². The van der Waals surface area contributed by atoms with E-state index in [2.05, 4.69) is 15.5 Å². The van der Waals surface area contributed by atoms with Crippen molar-refractivity contribution in [1.82, 2.24) is 10.2 Å². The van der Waals surface area contributed by atoms with Gasteiger partial charge < -0.3 is 4.42 Å². The van der Waals surface area contributed by atoms with Gasteiger partial charge in [0.05, 0.1) is 0 Å². The molecular weight excluding hydrogens is 328 g/mol. The summed E-state index contributed by atoms with van der Waals surface area (Å²) in [6, 6.07) is 8.91. The first-order chi connectivity index (χ1) is 11.0. The van der Waals surface area contributed by atoms with Crippen molar-refractivity contribution in [3.05, 3.63) is 64.7 Å². The number of carbonyl (C=O) groups is 1. The fraction of sp³-hybridized carbons (Fsp3) is 0. The molecule has 116 valence electrons. The van der Waals surface area contributed by atoms with Crippen LogP contribution in [0.3, 0.4) is 0 Å². The zero-order valence-electron chi connectivity index (χ0n) is 11.4. The lowest BCUT2D eigenvalue weighted by Crippen LogP contribution is -2.12. The van der Waals surface area contributed by atoms with Gasteiger partial charge in [-0.15, -0.1) is 5.10 Å². The van der Waals surface area contributed by atoms with Crippen molar-refractivity contribution in [2.24, 2.45) is 0 Å². The van der Waals surface area contributed by atoms with Crippen LogP contribution in [0, 0.1) is 11.6 Å². The highest BCUT2D eigenvalue weighted by Gasteiger charge is 2.14. The summed E-state index contributed by atoms with van der Waals surface area (Å²) in [6.07, 6.45) is 0. The highest BCUT2D eigenvalue weighted by atomic mass is 35.5. The third-order valence-corrected chi connectivity index (χ3v) is 3.11. The molecule has 8 heteroatoms. The molecule has 23 heavy (non-hydrogen) atoms. The molecule has 0 bridgehead atoms. The number of aromatic nitrogens is 2. The number of hydrogen-bond acceptors (Lipinski definition) is 4. The van der Waals surface area contributed by atoms with Crippen molar-refractivity contribution in [2.75, 3.05) is 5.32 Å². The van der Waals surface area contributed by atoms with Gasteiger partial charge in [-0.1, -0.05) is 16.7 Å². The lowest BCUT2D eigenvalue weighted by molar-refractivity contribution is 0.102. The maximum absolute atomic E-state index is 13.1. The topological polar surface area (TPSA) is 68.0 Å². The predicted octanol–water partition coefficient (Wildman–Crippen LogP) is 3.92. The van der Waals surface area contributed by atoms with E-state index >= 15 is 0 Å². The van der Waals surface area contributed by atoms with Gasteiger partial charge in [-0.2, -0.15) is 0 Å². The number of anilines is 1. The van der Waals surface area contributed by atoms with E-state index in [1.165, 1.54) is 0 Å². The maximum atomic E-state index is 13.1. The Balaban J connectivity index is 1.78. The molecule has 0 aliphatic heterocycles. The number of benzene rings is 2. The van der Waals surface area contributed by atoms with Crippen molar-refractivity contribution in [2.45, 2.75) is 0 Å². The average molecular weight is 336 g/mol. The van der Waals surface area contributed by atoms with E-state index in [4.69, 9.17) is 16.0 Å². The quantitative estimate of drug-likeness (QED) is 0.787. The zero-order valence-corrected chi connectivity index (χ0v) is 12.1. The Hall–Kier alpha value is -2.80. The lowest BCUT2D eigenvalue weighted by Gasteiger charge is -2.01. The molecule has 1 aromatic heterocycles. The fourth-order valence-corrected chi connectivity index (χ4v) is 1.96. The summed E-state index contributed by atoms with van der Waals surface area (Å²) >= 11 is 5.78. The molecule has 3 rings (SSSR count). The van der Waals surface area contributed by atoms with Crippen LogP contribution in [-0.4, -0.2) is 16.1 Å². The van der Waals surface area contributed by atoms with Gasteiger partial charge in [0.2, 0.25) is 5.89 Å². The van der Waals surface area contributed by atoms with Crippen LogP contribution in [0.4, 0.5) is 14.8 Å². The van der Waals surface area contributed by atoms with E-state index in [-0.39, 0.29) is 17.5 Å². The molecule has 1 amide bonds. The minimum absolute atomic E-state index is 0.169. The van der Waals surface area contributed by atoms with Crippen LogP contribution in [0.5, 0.6) is 0 Å². The van der Waals surface area contributed by atoms with Crippen LogP contribution < -0.4 is 5.32 Å². The summed E-state index contributed by atoms with van der Waals surface area (Å²) in [7, 11) is 0. The van der Waals surface area contributed by atoms with Gasteiger partial charge >= 0.3 is 6.01 Å². The third kappa shape index (κ3) is 3.51. The number of amides is 1. The minimum Gasteiger partial charge on any atom is -0.403 e. The summed E-state index contributed by atoms with van der Waals surface area (Å²) in [5.41, 5.74) is 0.410. The fourth-order valence-electron chi connectivity index (χ4n) is 1.84. The smallest absolute Gasteiger partial charge is 0.322 e. The second-order valence-corrected chi connectivity index (χ2v) is 4.97. The molecule has 0 spiro atoms. The standard InChI is InChI=1S/C15H8ClF2N3O2/c16-10-3-1-8(2-4-10)14-20-21-15(23-14)19-13(22)9-5-11(17)7-12(18)6-9/h1-7H,(H,19,21,22). The lowest BCUT2D eigenvalue weighted by atomic mass is 10.2. The molecule has 0 saturated heterocycles. The molecule has 1 N–H and O–H groups in total. The third-order valence-electron chi connectivity index (χ3n) is 2.86. The largest absolute Gasteiger partial charge is 0.403 e. The van der Waals surface area contributed by atoms with Crippen LogP contribution in [0.1, 0.15) is 10.4 Å². The first kappa shape index (κ1) is 15.1. The predicted molar refractivity (Wildman–Crippen MR) is 79.1 cm³/mol. The molecule has 0 aliphatic rings. The number of nitrogens with zero attached hydrogens (tertiary/aromatic N) is 2. The van der Waals surface area contributed by atoms with E-state index in [0.717, 1.165) is 12.1 Å². The van der Waals surface area contributed by atoms with Crippen molar-refractivity contribution in [3.63, 3.8) is 0 Å². The summed E-state index contributed by atoms with van der Waals surface area (Å²) in [5.74, 6) is -2.32. The van der Waals surface area contributed by atoms with Gasteiger partial charge in [-0.05, 0) is 36.4 Å². The van der Waals surface area contributed by atoms with Crippen molar-refractivity contribution in [1.29, 1.82) is 0 Å². The monoisotopic (exact) mass is 335 g/mol. The maximum Gasteiger partial charge on any atom is 0.322 e. The van der Waals surface area contributed by atoms with Gasteiger partial charge in [0.1, 0.15) is 11.6 Å².